The lowest BCUT2D eigenvalue weighted by Gasteiger charge is -2.38. The van der Waals surface area contributed by atoms with E-state index in [1.807, 2.05) is 0 Å². The van der Waals surface area contributed by atoms with Crippen LogP contribution in [0.15, 0.2) is 10.1 Å². The summed E-state index contributed by atoms with van der Waals surface area (Å²) in [5.74, 6) is -4.74. The fraction of sp³-hybridized carbons (Fsp3) is 0.667. The number of ether oxygens (including phenoxy) is 3. The molecule has 4 atom stereocenters. The van der Waals surface area contributed by atoms with Gasteiger partial charge in [-0.2, -0.15) is 0 Å². The smallest absolute Gasteiger partial charge is 0.321 e. The van der Waals surface area contributed by atoms with Crippen molar-refractivity contribution in [3.8, 4) is 0 Å². The molecule has 1 saturated carbocycles. The molecule has 0 aromatic heterocycles. The number of esters is 2. The summed E-state index contributed by atoms with van der Waals surface area (Å²) in [5, 5.41) is 0.222. The van der Waals surface area contributed by atoms with Crippen LogP contribution in [0.4, 0.5) is 0 Å². The van der Waals surface area contributed by atoms with E-state index in [1.165, 1.54) is 14.2 Å². The van der Waals surface area contributed by atoms with Gasteiger partial charge in [0.15, 0.2) is 0 Å². The van der Waals surface area contributed by atoms with Crippen LogP contribution >= 0.6 is 34.8 Å². The lowest BCUT2D eigenvalue weighted by Crippen LogP contribution is -2.53. The molecule has 1 saturated heterocycles. The van der Waals surface area contributed by atoms with Crippen molar-refractivity contribution >= 4 is 46.7 Å². The molecule has 0 amide bonds. The highest BCUT2D eigenvalue weighted by molar-refractivity contribution is 6.48. The van der Waals surface area contributed by atoms with E-state index in [-0.39, 0.29) is 10.1 Å². The van der Waals surface area contributed by atoms with Crippen molar-refractivity contribution in [1.29, 1.82) is 0 Å². The summed E-state index contributed by atoms with van der Waals surface area (Å²) < 4.78 is 15.6. The summed E-state index contributed by atoms with van der Waals surface area (Å²) in [6.45, 7) is 1.57. The molecule has 2 fully saturated rings. The van der Waals surface area contributed by atoms with Gasteiger partial charge in [-0.1, -0.05) is 23.2 Å². The topological polar surface area (TPSA) is 61.8 Å². The fourth-order valence-corrected chi connectivity index (χ4v) is 5.51. The maximum atomic E-state index is 12.2. The van der Waals surface area contributed by atoms with Gasteiger partial charge in [-0.05, 0) is 6.92 Å². The first-order chi connectivity index (χ1) is 9.23. The van der Waals surface area contributed by atoms with Crippen molar-refractivity contribution in [2.24, 2.45) is 17.3 Å². The third-order valence-electron chi connectivity index (χ3n) is 4.74. The molecular weight excluding hydrogens is 330 g/mol. The van der Waals surface area contributed by atoms with Crippen molar-refractivity contribution in [2.75, 3.05) is 14.2 Å². The molecule has 2 unspecified atom stereocenters. The average molecular weight is 342 g/mol. The molecule has 8 heteroatoms. The van der Waals surface area contributed by atoms with E-state index in [9.17, 15) is 9.59 Å². The fourth-order valence-electron chi connectivity index (χ4n) is 3.92. The Morgan fingerprint density at radius 3 is 2.20 bits per heavy atom. The molecule has 20 heavy (non-hydrogen) atoms. The van der Waals surface area contributed by atoms with Gasteiger partial charge >= 0.3 is 11.9 Å². The van der Waals surface area contributed by atoms with Crippen LogP contribution in [0.3, 0.4) is 0 Å². The zero-order valence-corrected chi connectivity index (χ0v) is 13.1. The number of methoxy groups -OCH3 is 2. The molecule has 3 rings (SSSR count). The Labute approximate surface area is 130 Å². The third kappa shape index (κ3) is 1.10. The summed E-state index contributed by atoms with van der Waals surface area (Å²) >= 11 is 19.1. The molecule has 0 aromatic carbocycles. The molecule has 110 valence electrons. The first kappa shape index (κ1) is 14.6. The zero-order valence-electron chi connectivity index (χ0n) is 10.8. The number of halogens is 3. The van der Waals surface area contributed by atoms with Gasteiger partial charge in [0, 0.05) is 19.3 Å². The minimum Gasteiger partial charge on any atom is -0.392 e. The highest BCUT2D eigenvalue weighted by Gasteiger charge is 2.87. The highest BCUT2D eigenvalue weighted by atomic mass is 35.5. The molecule has 0 radical (unpaired) electrons. The Bertz CT molecular complexity index is 569. The molecule has 0 aromatic rings. The van der Waals surface area contributed by atoms with Gasteiger partial charge in [0.1, 0.15) is 10.8 Å². The van der Waals surface area contributed by atoms with Gasteiger partial charge < -0.3 is 14.2 Å². The van der Waals surface area contributed by atoms with E-state index in [2.05, 4.69) is 0 Å². The van der Waals surface area contributed by atoms with E-state index in [1.54, 1.807) is 6.92 Å². The molecular formula is C12H11Cl3O5. The number of hydrogen-bond acceptors (Lipinski definition) is 5. The van der Waals surface area contributed by atoms with E-state index in [4.69, 9.17) is 49.0 Å². The number of alkyl halides is 1. The number of carbonyl (C=O) groups is 2. The van der Waals surface area contributed by atoms with Crippen LogP contribution < -0.4 is 0 Å². The predicted molar refractivity (Wildman–Crippen MR) is 70.3 cm³/mol. The van der Waals surface area contributed by atoms with Gasteiger partial charge in [0.05, 0.1) is 16.4 Å². The summed E-state index contributed by atoms with van der Waals surface area (Å²) in [4.78, 5) is 22.6. The summed E-state index contributed by atoms with van der Waals surface area (Å²) in [5.41, 5.74) is -1.26. The van der Waals surface area contributed by atoms with Crippen molar-refractivity contribution in [3.05, 3.63) is 10.1 Å². The van der Waals surface area contributed by atoms with E-state index < -0.39 is 39.9 Å². The summed E-state index contributed by atoms with van der Waals surface area (Å²) in [6.07, 6.45) is 0. The molecule has 5 nitrogen and oxygen atoms in total. The van der Waals surface area contributed by atoms with Gasteiger partial charge in [-0.25, -0.2) is 0 Å². The Kier molecular flexibility index (Phi) is 2.85. The van der Waals surface area contributed by atoms with Crippen molar-refractivity contribution in [2.45, 2.75) is 17.6 Å². The van der Waals surface area contributed by atoms with E-state index >= 15 is 0 Å². The van der Waals surface area contributed by atoms with Crippen molar-refractivity contribution in [3.63, 3.8) is 0 Å². The van der Waals surface area contributed by atoms with Crippen LogP contribution in [-0.4, -0.2) is 36.8 Å². The van der Waals surface area contributed by atoms with Gasteiger partial charge in [0.2, 0.25) is 5.79 Å². The second-order valence-electron chi connectivity index (χ2n) is 5.31. The van der Waals surface area contributed by atoms with Gasteiger partial charge in [-0.15, -0.1) is 11.6 Å². The van der Waals surface area contributed by atoms with Gasteiger partial charge in [0.25, 0.3) is 0 Å². The molecule has 0 spiro atoms. The first-order valence-corrected chi connectivity index (χ1v) is 6.97. The number of carbonyl (C=O) groups excluding carboxylic acids is 2. The minimum absolute atomic E-state index is 0.0589. The zero-order chi connectivity index (χ0) is 15.1. The predicted octanol–water partition coefficient (Wildman–Crippen LogP) is 1.99. The van der Waals surface area contributed by atoms with Crippen molar-refractivity contribution < 1.29 is 23.8 Å². The standard InChI is InChI=1S/C12H11Cl3O5/c1-10-5-4(13)7(14)11(15,12(5,18-2)19-3)6(10)8(16)20-9(10)17/h5-6H,1-3H3/t5?,6-,10-,11?/m1/s1. The minimum atomic E-state index is -1.59. The first-order valence-electron chi connectivity index (χ1n) is 5.84. The number of cyclic esters (lactones) is 2. The average Bonchev–Trinajstić information content (AvgIpc) is 2.81. The normalized spacial score (nSPS) is 45.1. The van der Waals surface area contributed by atoms with Crippen LogP contribution in [0.5, 0.6) is 0 Å². The number of hydrogen-bond donors (Lipinski definition) is 0. The second kappa shape index (κ2) is 3.90. The largest absolute Gasteiger partial charge is 0.392 e. The quantitative estimate of drug-likeness (QED) is 0.333. The van der Waals surface area contributed by atoms with E-state index in [0.717, 1.165) is 0 Å². The number of fused-ring (bicyclic) bond motifs is 5. The van der Waals surface area contributed by atoms with Crippen LogP contribution in [-0.2, 0) is 23.8 Å². The molecule has 2 aliphatic carbocycles. The lowest BCUT2D eigenvalue weighted by atomic mass is 9.71. The Morgan fingerprint density at radius 2 is 1.70 bits per heavy atom. The highest BCUT2D eigenvalue weighted by Crippen LogP contribution is 2.75. The van der Waals surface area contributed by atoms with E-state index in [0.29, 0.717) is 0 Å². The van der Waals surface area contributed by atoms with Gasteiger partial charge in [-0.3, -0.25) is 9.59 Å². The van der Waals surface area contributed by atoms with Crippen LogP contribution in [0.1, 0.15) is 6.92 Å². The monoisotopic (exact) mass is 340 g/mol. The van der Waals surface area contributed by atoms with Crippen LogP contribution in [0.2, 0.25) is 0 Å². The SMILES string of the molecule is COC1(OC)C2C(Cl)=C(Cl)C1(Cl)[C@@H]1C(=O)OC(=O)[C@]21C. The summed E-state index contributed by atoms with van der Waals surface area (Å²) in [6, 6.07) is 0. The molecule has 0 N–H and O–H groups in total. The summed E-state index contributed by atoms with van der Waals surface area (Å²) in [7, 11) is 2.74. The second-order valence-corrected chi connectivity index (χ2v) is 6.69. The lowest BCUT2D eigenvalue weighted by molar-refractivity contribution is -0.234. The third-order valence-corrected chi connectivity index (χ3v) is 6.52. The maximum absolute atomic E-state index is 12.2. The molecule has 1 aliphatic heterocycles. The molecule has 1 heterocycles. The Balaban J connectivity index is 2.36. The van der Waals surface area contributed by atoms with Crippen LogP contribution in [0, 0.1) is 17.3 Å². The Morgan fingerprint density at radius 1 is 1.15 bits per heavy atom. The van der Waals surface area contributed by atoms with Crippen molar-refractivity contribution in [1.82, 2.24) is 0 Å². The number of rotatable bonds is 2. The Hall–Kier alpha value is -0.330. The molecule has 3 aliphatic rings. The van der Waals surface area contributed by atoms with Crippen LogP contribution in [0.25, 0.3) is 0 Å². The molecule has 2 bridgehead atoms. The maximum Gasteiger partial charge on any atom is 0.321 e.